The van der Waals surface area contributed by atoms with E-state index in [0.29, 0.717) is 0 Å². The van der Waals surface area contributed by atoms with Crippen LogP contribution in [-0.2, 0) is 0 Å². The molecule has 17 heavy (non-hydrogen) atoms. The van der Waals surface area contributed by atoms with Crippen molar-refractivity contribution in [3.63, 3.8) is 0 Å². The molecule has 0 radical (unpaired) electrons. The topological polar surface area (TPSA) is 0 Å². The molecule has 2 aliphatic carbocycles. The first-order valence-electron chi connectivity index (χ1n) is 8.45. The molecule has 100 valence electrons. The van der Waals surface area contributed by atoms with Gasteiger partial charge in [0.05, 0.1) is 0 Å². The Labute approximate surface area is 111 Å². The summed E-state index contributed by atoms with van der Waals surface area (Å²) in [5.74, 6) is 0. The summed E-state index contributed by atoms with van der Waals surface area (Å²) in [6.45, 7) is 0. The smallest absolute Gasteiger partial charge is 0.0264 e. The van der Waals surface area contributed by atoms with Crippen molar-refractivity contribution in [1.82, 2.24) is 0 Å². The zero-order valence-corrected chi connectivity index (χ0v) is 13.2. The van der Waals surface area contributed by atoms with Crippen molar-refractivity contribution in [2.45, 2.75) is 101 Å². The number of hydrogen-bond donors (Lipinski definition) is 0. The third-order valence-electron chi connectivity index (χ3n) is 5.12. The second-order valence-electron chi connectivity index (χ2n) is 6.66. The number of rotatable bonds is 2. The lowest BCUT2D eigenvalue weighted by Gasteiger charge is -2.26. The van der Waals surface area contributed by atoms with Crippen LogP contribution in [0.5, 0.6) is 0 Å². The van der Waals surface area contributed by atoms with Crippen LogP contribution in [0.2, 0.25) is 11.1 Å². The standard InChI is InChI=1S/C16H32Si/c1-3-7-11-15(12-8-4-1)17-16-13-9-5-2-6-10-14-16/h15-16H,1-14,17H2. The minimum Gasteiger partial charge on any atom is -0.0533 e. The van der Waals surface area contributed by atoms with Gasteiger partial charge in [0.2, 0.25) is 0 Å². The van der Waals surface area contributed by atoms with Gasteiger partial charge < -0.3 is 0 Å². The summed E-state index contributed by atoms with van der Waals surface area (Å²) in [4.78, 5) is 0. The van der Waals surface area contributed by atoms with Gasteiger partial charge in [-0.3, -0.25) is 0 Å². The molecule has 0 spiro atoms. The zero-order chi connectivity index (χ0) is 11.8. The molecule has 0 heterocycles. The molecule has 1 heteroatoms. The van der Waals surface area contributed by atoms with E-state index in [-0.39, 0.29) is 9.52 Å². The van der Waals surface area contributed by atoms with Crippen LogP contribution in [-0.4, -0.2) is 9.52 Å². The first-order valence-corrected chi connectivity index (χ1v) is 10.1. The molecule has 0 nitrogen and oxygen atoms in total. The molecule has 2 rings (SSSR count). The SMILES string of the molecule is C1CCCC([SiH2]C2CCCCCCC2)CCC1. The highest BCUT2D eigenvalue weighted by Crippen LogP contribution is 2.34. The van der Waals surface area contributed by atoms with Crippen LogP contribution in [0.3, 0.4) is 0 Å². The Bertz CT molecular complexity index is 154. The van der Waals surface area contributed by atoms with Crippen LogP contribution in [0.1, 0.15) is 89.9 Å². The Morgan fingerprint density at radius 2 is 0.706 bits per heavy atom. The van der Waals surface area contributed by atoms with Gasteiger partial charge in [-0.1, -0.05) is 101 Å². The van der Waals surface area contributed by atoms with E-state index in [0.717, 1.165) is 0 Å². The average molecular weight is 253 g/mol. The van der Waals surface area contributed by atoms with Crippen molar-refractivity contribution < 1.29 is 0 Å². The third-order valence-corrected chi connectivity index (χ3v) is 8.08. The van der Waals surface area contributed by atoms with Gasteiger partial charge in [-0.2, -0.15) is 0 Å². The normalized spacial score (nSPS) is 26.8. The Kier molecular flexibility index (Phi) is 6.69. The van der Waals surface area contributed by atoms with Crippen LogP contribution in [0, 0.1) is 0 Å². The maximum atomic E-state index is 1.61. The van der Waals surface area contributed by atoms with Gasteiger partial charge in [0.15, 0.2) is 0 Å². The zero-order valence-electron chi connectivity index (χ0n) is 11.8. The fourth-order valence-electron chi connectivity index (χ4n) is 4.02. The summed E-state index contributed by atoms with van der Waals surface area (Å²) in [6, 6.07) is 0. The highest BCUT2D eigenvalue weighted by atomic mass is 28.2. The van der Waals surface area contributed by atoms with Crippen LogP contribution in [0.4, 0.5) is 0 Å². The molecule has 0 saturated heterocycles. The third kappa shape index (κ3) is 5.59. The molecule has 0 aromatic rings. The van der Waals surface area contributed by atoms with Gasteiger partial charge in [0.25, 0.3) is 0 Å². The van der Waals surface area contributed by atoms with Crippen LogP contribution in [0.25, 0.3) is 0 Å². The summed E-state index contributed by atoms with van der Waals surface area (Å²) < 4.78 is 0. The van der Waals surface area contributed by atoms with Gasteiger partial charge in [-0.05, 0) is 0 Å². The van der Waals surface area contributed by atoms with E-state index in [9.17, 15) is 0 Å². The van der Waals surface area contributed by atoms with Crippen LogP contribution in [0.15, 0.2) is 0 Å². The van der Waals surface area contributed by atoms with Gasteiger partial charge in [-0.25, -0.2) is 0 Å². The summed E-state index contributed by atoms with van der Waals surface area (Å²) in [5, 5.41) is 0. The first kappa shape index (κ1) is 13.6. The molecule has 0 unspecified atom stereocenters. The average Bonchev–Trinajstić information content (AvgIpc) is 2.24. The second kappa shape index (κ2) is 8.34. The van der Waals surface area contributed by atoms with Crippen molar-refractivity contribution in [3.8, 4) is 0 Å². The van der Waals surface area contributed by atoms with E-state index in [1.54, 1.807) is 51.4 Å². The quantitative estimate of drug-likeness (QED) is 0.591. The van der Waals surface area contributed by atoms with Crippen molar-refractivity contribution in [2.75, 3.05) is 0 Å². The van der Waals surface area contributed by atoms with E-state index in [1.807, 2.05) is 0 Å². The minimum atomic E-state index is 0.244. The fourth-order valence-corrected chi connectivity index (χ4v) is 7.06. The Hall–Kier alpha value is 0.217. The summed E-state index contributed by atoms with van der Waals surface area (Å²) >= 11 is 0. The minimum absolute atomic E-state index is 0.244. The molecular formula is C16H32Si. The summed E-state index contributed by atoms with van der Waals surface area (Å²) in [5.41, 5.74) is 2.47. The summed E-state index contributed by atoms with van der Waals surface area (Å²) in [6.07, 6.45) is 21.9. The molecule has 2 saturated carbocycles. The van der Waals surface area contributed by atoms with E-state index < -0.39 is 0 Å². The lowest BCUT2D eigenvalue weighted by Crippen LogP contribution is -2.14. The highest BCUT2D eigenvalue weighted by molar-refractivity contribution is 6.39. The molecule has 0 atom stereocenters. The molecule has 2 aliphatic rings. The predicted octanol–water partition coefficient (Wildman–Crippen LogP) is 5.22. The van der Waals surface area contributed by atoms with E-state index in [2.05, 4.69) is 0 Å². The monoisotopic (exact) mass is 252 g/mol. The van der Waals surface area contributed by atoms with Gasteiger partial charge in [-0.15, -0.1) is 0 Å². The molecule has 0 bridgehead atoms. The molecule has 0 aliphatic heterocycles. The molecule has 2 fully saturated rings. The Balaban J connectivity index is 1.72. The maximum absolute atomic E-state index is 1.61. The van der Waals surface area contributed by atoms with E-state index >= 15 is 0 Å². The fraction of sp³-hybridized carbons (Fsp3) is 1.00. The first-order chi connectivity index (χ1) is 8.45. The lowest BCUT2D eigenvalue weighted by molar-refractivity contribution is 0.477. The van der Waals surface area contributed by atoms with Gasteiger partial charge in [0, 0.05) is 9.52 Å². The molecule has 0 aromatic heterocycles. The van der Waals surface area contributed by atoms with E-state index in [1.165, 1.54) is 49.6 Å². The highest BCUT2D eigenvalue weighted by Gasteiger charge is 2.18. The second-order valence-corrected chi connectivity index (χ2v) is 9.44. The van der Waals surface area contributed by atoms with Crippen LogP contribution >= 0.6 is 0 Å². The van der Waals surface area contributed by atoms with Crippen LogP contribution < -0.4 is 0 Å². The molecule has 0 amide bonds. The molecule has 0 N–H and O–H groups in total. The van der Waals surface area contributed by atoms with Crippen molar-refractivity contribution in [2.24, 2.45) is 0 Å². The maximum Gasteiger partial charge on any atom is 0.0264 e. The Morgan fingerprint density at radius 1 is 0.412 bits per heavy atom. The molecule has 0 aromatic carbocycles. The van der Waals surface area contributed by atoms with Crippen molar-refractivity contribution in [3.05, 3.63) is 0 Å². The Morgan fingerprint density at radius 3 is 1.06 bits per heavy atom. The summed E-state index contributed by atoms with van der Waals surface area (Å²) in [7, 11) is 0.244. The van der Waals surface area contributed by atoms with E-state index in [4.69, 9.17) is 0 Å². The predicted molar refractivity (Wildman–Crippen MR) is 80.7 cm³/mol. The largest absolute Gasteiger partial charge is 0.0533 e. The lowest BCUT2D eigenvalue weighted by atomic mass is 10.00. The molecular weight excluding hydrogens is 220 g/mol. The number of hydrogen-bond acceptors (Lipinski definition) is 0. The van der Waals surface area contributed by atoms with Crippen molar-refractivity contribution in [1.29, 1.82) is 0 Å². The van der Waals surface area contributed by atoms with Gasteiger partial charge in [0.1, 0.15) is 0 Å². The van der Waals surface area contributed by atoms with Gasteiger partial charge >= 0.3 is 0 Å². The van der Waals surface area contributed by atoms with Crippen molar-refractivity contribution >= 4 is 9.52 Å².